The van der Waals surface area contributed by atoms with Gasteiger partial charge in [-0.2, -0.15) is 0 Å². The molecule has 0 aliphatic heterocycles. The van der Waals surface area contributed by atoms with Crippen LogP contribution in [-0.2, 0) is 0 Å². The molecule has 0 heterocycles. The third-order valence-corrected chi connectivity index (χ3v) is 9.66. The number of halogens is 5. The molecular weight excluding hydrogens is 653 g/mol. The van der Waals surface area contributed by atoms with Gasteiger partial charge in [-0.25, -0.2) is 22.0 Å². The average Bonchev–Trinajstić information content (AvgIpc) is 3.41. The first kappa shape index (κ1) is 32.1. The quantitative estimate of drug-likeness (QED) is 0.128. The molecule has 8 rings (SSSR count). The van der Waals surface area contributed by atoms with E-state index in [1.807, 2.05) is 30.3 Å². The molecule has 0 aromatic heterocycles. The molecule has 0 saturated carbocycles. The smallest absolute Gasteiger partial charge is 0.190 e. The molecule has 2 nitrogen and oxygen atoms in total. The van der Waals surface area contributed by atoms with Crippen molar-refractivity contribution >= 4 is 22.2 Å². The number of anilines is 1. The van der Waals surface area contributed by atoms with Crippen molar-refractivity contribution in [2.24, 2.45) is 0 Å². The molecule has 7 aromatic rings. The minimum atomic E-state index is -0.877. The van der Waals surface area contributed by atoms with Crippen LogP contribution < -0.4 is 5.32 Å². The molecule has 1 N–H and O–H groups in total. The minimum absolute atomic E-state index is 0.178. The molecule has 7 aromatic carbocycles. The normalized spacial score (nSPS) is 13.8. The van der Waals surface area contributed by atoms with Gasteiger partial charge in [0.1, 0.15) is 35.1 Å². The highest BCUT2D eigenvalue weighted by molar-refractivity contribution is 6.18. The zero-order chi connectivity index (χ0) is 35.2. The number of Topliss-reactive ketones (excluding diaryl/α,β-unsaturated/α-hetero) is 1. The number of rotatable bonds is 8. The van der Waals surface area contributed by atoms with Crippen LogP contribution in [0.15, 0.2) is 146 Å². The van der Waals surface area contributed by atoms with Crippen molar-refractivity contribution in [2.45, 2.75) is 17.9 Å². The van der Waals surface area contributed by atoms with E-state index in [0.29, 0.717) is 44.6 Å². The lowest BCUT2D eigenvalue weighted by Gasteiger charge is -2.30. The second kappa shape index (κ2) is 13.0. The van der Waals surface area contributed by atoms with Crippen molar-refractivity contribution in [3.8, 4) is 0 Å². The zero-order valence-corrected chi connectivity index (χ0v) is 26.9. The highest BCUT2D eigenvalue weighted by atomic mass is 19.1. The molecule has 0 amide bonds. The average molecular weight is 682 g/mol. The van der Waals surface area contributed by atoms with Gasteiger partial charge in [0.2, 0.25) is 0 Å². The fraction of sp³-hybridized carbons (Fsp3) is 0.0682. The summed E-state index contributed by atoms with van der Waals surface area (Å²) in [5.41, 5.74) is 4.84. The Kier molecular flexibility index (Phi) is 8.19. The largest absolute Gasteiger partial charge is 0.371 e. The molecule has 0 spiro atoms. The van der Waals surface area contributed by atoms with Crippen LogP contribution in [0, 0.1) is 29.1 Å². The van der Waals surface area contributed by atoms with E-state index in [9.17, 15) is 22.4 Å². The summed E-state index contributed by atoms with van der Waals surface area (Å²) in [6.45, 7) is 0. The minimum Gasteiger partial charge on any atom is -0.371 e. The molecule has 1 aliphatic carbocycles. The maximum atomic E-state index is 16.3. The van der Waals surface area contributed by atoms with E-state index < -0.39 is 47.0 Å². The summed E-state index contributed by atoms with van der Waals surface area (Å²) < 4.78 is 73.5. The van der Waals surface area contributed by atoms with E-state index in [4.69, 9.17) is 0 Å². The van der Waals surface area contributed by atoms with Gasteiger partial charge in [-0.3, -0.25) is 4.79 Å². The van der Waals surface area contributed by atoms with Gasteiger partial charge in [-0.15, -0.1) is 0 Å². The number of benzene rings is 7. The van der Waals surface area contributed by atoms with Gasteiger partial charge < -0.3 is 5.32 Å². The molecule has 1 aliphatic rings. The Balaban J connectivity index is 1.42. The Morgan fingerprint density at radius 2 is 0.863 bits per heavy atom. The predicted molar refractivity (Wildman–Crippen MR) is 189 cm³/mol. The molecule has 250 valence electrons. The van der Waals surface area contributed by atoms with E-state index in [2.05, 4.69) is 5.32 Å². The lowest BCUT2D eigenvalue weighted by atomic mass is 9.78. The van der Waals surface area contributed by atoms with Gasteiger partial charge in [0, 0.05) is 23.1 Å². The van der Waals surface area contributed by atoms with Crippen LogP contribution in [0.25, 0.3) is 10.8 Å². The zero-order valence-electron chi connectivity index (χ0n) is 26.9. The number of hydrogen-bond acceptors (Lipinski definition) is 2. The number of ketones is 1. The number of hydrogen-bond donors (Lipinski definition) is 1. The van der Waals surface area contributed by atoms with Crippen LogP contribution in [-0.4, -0.2) is 5.78 Å². The van der Waals surface area contributed by atoms with Crippen LogP contribution >= 0.6 is 0 Å². The maximum absolute atomic E-state index is 16.3. The van der Waals surface area contributed by atoms with Crippen molar-refractivity contribution in [3.63, 3.8) is 0 Å². The first-order valence-corrected chi connectivity index (χ1v) is 16.4. The third-order valence-electron chi connectivity index (χ3n) is 9.66. The highest BCUT2D eigenvalue weighted by Crippen LogP contribution is 2.47. The second-order valence-electron chi connectivity index (χ2n) is 12.7. The fourth-order valence-corrected chi connectivity index (χ4v) is 7.40. The van der Waals surface area contributed by atoms with Gasteiger partial charge >= 0.3 is 0 Å². The molecular formula is C44H28F5NO. The lowest BCUT2D eigenvalue weighted by molar-refractivity contribution is 0.0977. The summed E-state index contributed by atoms with van der Waals surface area (Å²) in [6.07, 6.45) is 0. The van der Waals surface area contributed by atoms with Gasteiger partial charge in [-0.05, 0) is 110 Å². The van der Waals surface area contributed by atoms with Gasteiger partial charge in [0.05, 0.1) is 0 Å². The Labute approximate surface area is 290 Å². The summed E-state index contributed by atoms with van der Waals surface area (Å²) in [5, 5.41) is 5.25. The fourth-order valence-electron chi connectivity index (χ4n) is 7.40. The SMILES string of the molecule is O=C1c2cccc3cccc(c23)C1Nc1c(C(c2ccc(F)cc2)c2ccc(F)cc2)cc(F)cc1C(c1ccc(F)cc1)c1ccc(F)cc1. The summed E-state index contributed by atoms with van der Waals surface area (Å²) >= 11 is 0. The summed E-state index contributed by atoms with van der Waals surface area (Å²) in [5.74, 6) is -4.19. The van der Waals surface area contributed by atoms with E-state index in [-0.39, 0.29) is 5.78 Å². The molecule has 51 heavy (non-hydrogen) atoms. The Morgan fingerprint density at radius 3 is 1.27 bits per heavy atom. The van der Waals surface area contributed by atoms with Crippen LogP contribution in [0.2, 0.25) is 0 Å². The number of nitrogens with one attached hydrogen (secondary N) is 1. The van der Waals surface area contributed by atoms with Crippen molar-refractivity contribution in [2.75, 3.05) is 5.32 Å². The van der Waals surface area contributed by atoms with Gasteiger partial charge in [-0.1, -0.05) is 84.9 Å². The summed E-state index contributed by atoms with van der Waals surface area (Å²) in [4.78, 5) is 14.2. The Hall–Kier alpha value is -6.08. The first-order valence-electron chi connectivity index (χ1n) is 16.4. The molecule has 0 saturated heterocycles. The Bertz CT molecular complexity index is 2190. The maximum Gasteiger partial charge on any atom is 0.190 e. The highest BCUT2D eigenvalue weighted by Gasteiger charge is 2.36. The monoisotopic (exact) mass is 681 g/mol. The van der Waals surface area contributed by atoms with Crippen LogP contribution in [0.5, 0.6) is 0 Å². The van der Waals surface area contributed by atoms with Crippen molar-refractivity contribution in [3.05, 3.63) is 219 Å². The second-order valence-corrected chi connectivity index (χ2v) is 12.7. The first-order chi connectivity index (χ1) is 24.7. The van der Waals surface area contributed by atoms with Gasteiger partial charge in [0.15, 0.2) is 5.78 Å². The van der Waals surface area contributed by atoms with Crippen LogP contribution in [0.1, 0.15) is 67.2 Å². The lowest BCUT2D eigenvalue weighted by Crippen LogP contribution is -2.21. The molecule has 0 radical (unpaired) electrons. The third kappa shape index (κ3) is 5.95. The standard InChI is InChI=1S/C44H28F5NO/c45-30-15-7-26(8-16-30)39(27-9-17-31(46)18-10-27)37-23-34(49)24-38(40(28-11-19-32(47)20-12-28)29-13-21-33(48)22-14-29)42(37)50-43-35-5-1-3-25-4-2-6-36(41(25)35)44(43)51/h1-24,39-40,43,50H. The number of carbonyl (C=O) groups is 1. The van der Waals surface area contributed by atoms with Crippen molar-refractivity contribution in [1.29, 1.82) is 0 Å². The molecule has 0 bridgehead atoms. The molecule has 1 atom stereocenters. The number of carbonyl (C=O) groups excluding carboxylic acids is 1. The molecule has 7 heteroatoms. The van der Waals surface area contributed by atoms with Crippen LogP contribution in [0.3, 0.4) is 0 Å². The summed E-state index contributed by atoms with van der Waals surface area (Å²) in [6, 6.07) is 36.2. The van der Waals surface area contributed by atoms with Crippen LogP contribution in [0.4, 0.5) is 27.6 Å². The van der Waals surface area contributed by atoms with E-state index >= 15 is 4.39 Å². The van der Waals surface area contributed by atoms with E-state index in [0.717, 1.165) is 16.3 Å². The predicted octanol–water partition coefficient (Wildman–Crippen LogP) is 11.2. The topological polar surface area (TPSA) is 29.1 Å². The molecule has 1 unspecified atom stereocenters. The van der Waals surface area contributed by atoms with Crippen molar-refractivity contribution < 1.29 is 26.7 Å². The Morgan fingerprint density at radius 1 is 0.471 bits per heavy atom. The van der Waals surface area contributed by atoms with E-state index in [1.165, 1.54) is 60.7 Å². The van der Waals surface area contributed by atoms with Crippen molar-refractivity contribution in [1.82, 2.24) is 0 Å². The van der Waals surface area contributed by atoms with E-state index in [1.54, 1.807) is 54.6 Å². The van der Waals surface area contributed by atoms with Gasteiger partial charge in [0.25, 0.3) is 0 Å². The molecule has 0 fully saturated rings. The summed E-state index contributed by atoms with van der Waals surface area (Å²) in [7, 11) is 0.